The number of rotatable bonds is 4. The average Bonchev–Trinajstić information content (AvgIpc) is 3.21. The third kappa shape index (κ3) is 4.27. The Morgan fingerprint density at radius 1 is 1.10 bits per heavy atom. The summed E-state index contributed by atoms with van der Waals surface area (Å²) in [6.45, 7) is 7.19. The Balaban J connectivity index is 1.47. The topological polar surface area (TPSA) is 43.9 Å². The molecule has 0 spiro atoms. The Bertz CT molecular complexity index is 921. The maximum Gasteiger partial charge on any atom is 0.236 e. The van der Waals surface area contributed by atoms with E-state index in [1.54, 1.807) is 23.5 Å². The van der Waals surface area contributed by atoms with E-state index in [0.29, 0.717) is 32.7 Å². The first-order chi connectivity index (χ1) is 14.4. The van der Waals surface area contributed by atoms with Gasteiger partial charge in [0.15, 0.2) is 0 Å². The Hall–Kier alpha value is -2.25. The molecule has 160 valence electrons. The van der Waals surface area contributed by atoms with Crippen molar-refractivity contribution in [2.24, 2.45) is 5.92 Å². The molecule has 3 heterocycles. The first kappa shape index (κ1) is 21.0. The monoisotopic (exact) mass is 429 g/mol. The summed E-state index contributed by atoms with van der Waals surface area (Å²) in [6, 6.07) is 8.69. The fraction of sp³-hybridized carbons (Fsp3) is 0.478. The molecule has 1 atom stereocenters. The molecule has 2 aliphatic heterocycles. The van der Waals surface area contributed by atoms with Crippen molar-refractivity contribution >= 4 is 23.2 Å². The fourth-order valence-corrected chi connectivity index (χ4v) is 5.32. The van der Waals surface area contributed by atoms with Crippen molar-refractivity contribution in [3.05, 3.63) is 57.5 Å². The Labute approximate surface area is 181 Å². The second-order valence-electron chi connectivity index (χ2n) is 8.34. The van der Waals surface area contributed by atoms with E-state index in [9.17, 15) is 14.0 Å². The van der Waals surface area contributed by atoms with Crippen molar-refractivity contribution in [3.8, 4) is 0 Å². The number of fused-ring (bicyclic) bond motifs is 1. The van der Waals surface area contributed by atoms with Crippen molar-refractivity contribution in [2.75, 3.05) is 39.3 Å². The molecule has 1 aromatic heterocycles. The molecule has 1 fully saturated rings. The molecule has 0 N–H and O–H groups in total. The number of halogens is 1. The first-order valence-electron chi connectivity index (χ1n) is 10.6. The largest absolute Gasteiger partial charge is 0.339 e. The SMILES string of the molecule is CC(C)C(=O)N1CCN(C(=O)CN2CCc3sccc3[C@H]2c2cccc(F)c2)CC1. The van der Waals surface area contributed by atoms with Crippen LogP contribution in [0.1, 0.15) is 35.9 Å². The molecule has 2 aromatic rings. The van der Waals surface area contributed by atoms with E-state index in [4.69, 9.17) is 0 Å². The van der Waals surface area contributed by atoms with Gasteiger partial charge in [-0.15, -0.1) is 11.3 Å². The minimum atomic E-state index is -0.257. The van der Waals surface area contributed by atoms with Crippen molar-refractivity contribution in [3.63, 3.8) is 0 Å². The zero-order chi connectivity index (χ0) is 21.3. The van der Waals surface area contributed by atoms with E-state index in [1.807, 2.05) is 29.7 Å². The Kier molecular flexibility index (Phi) is 6.20. The third-order valence-corrected chi connectivity index (χ3v) is 7.00. The molecule has 0 bridgehead atoms. The van der Waals surface area contributed by atoms with Gasteiger partial charge in [-0.2, -0.15) is 0 Å². The van der Waals surface area contributed by atoms with E-state index in [0.717, 1.165) is 18.5 Å². The van der Waals surface area contributed by atoms with E-state index >= 15 is 0 Å². The number of thiophene rings is 1. The minimum Gasteiger partial charge on any atom is -0.339 e. The minimum absolute atomic E-state index is 0.0209. The average molecular weight is 430 g/mol. The molecular formula is C23H28FN3O2S. The smallest absolute Gasteiger partial charge is 0.236 e. The molecule has 1 aromatic carbocycles. The van der Waals surface area contributed by atoms with Crippen LogP contribution in [0.15, 0.2) is 35.7 Å². The summed E-state index contributed by atoms with van der Waals surface area (Å²) in [6.07, 6.45) is 0.906. The highest BCUT2D eigenvalue weighted by atomic mass is 32.1. The number of piperazine rings is 1. The third-order valence-electron chi connectivity index (χ3n) is 6.01. The molecule has 1 saturated heterocycles. The van der Waals surface area contributed by atoms with Crippen LogP contribution >= 0.6 is 11.3 Å². The summed E-state index contributed by atoms with van der Waals surface area (Å²) in [7, 11) is 0. The van der Waals surface area contributed by atoms with Crippen LogP contribution in [0.2, 0.25) is 0 Å². The summed E-state index contributed by atoms with van der Waals surface area (Å²) in [5.74, 6) is -0.0551. The van der Waals surface area contributed by atoms with Crippen molar-refractivity contribution in [2.45, 2.75) is 26.3 Å². The first-order valence-corrected chi connectivity index (χ1v) is 11.4. The molecule has 2 aliphatic rings. The van der Waals surface area contributed by atoms with Gasteiger partial charge in [0.2, 0.25) is 11.8 Å². The van der Waals surface area contributed by atoms with Gasteiger partial charge in [0.05, 0.1) is 12.6 Å². The molecule has 4 rings (SSSR count). The summed E-state index contributed by atoms with van der Waals surface area (Å²) < 4.78 is 13.9. The van der Waals surface area contributed by atoms with Gasteiger partial charge in [-0.25, -0.2) is 4.39 Å². The Morgan fingerprint density at radius 2 is 1.83 bits per heavy atom. The van der Waals surface area contributed by atoms with Gasteiger partial charge in [-0.1, -0.05) is 26.0 Å². The molecule has 5 nitrogen and oxygen atoms in total. The van der Waals surface area contributed by atoms with E-state index in [-0.39, 0.29) is 29.6 Å². The standard InChI is InChI=1S/C23H28FN3O2S/c1-16(2)23(29)26-11-9-25(10-12-26)21(28)15-27-8-6-20-19(7-13-30-20)22(27)17-4-3-5-18(24)14-17/h3-5,7,13-14,16,22H,6,8-12,15H2,1-2H3/t22-/m1/s1. The van der Waals surface area contributed by atoms with Crippen LogP contribution in [0, 0.1) is 11.7 Å². The lowest BCUT2D eigenvalue weighted by Crippen LogP contribution is -2.54. The lowest BCUT2D eigenvalue weighted by atomic mass is 9.93. The zero-order valence-electron chi connectivity index (χ0n) is 17.5. The number of carbonyl (C=O) groups is 2. The lowest BCUT2D eigenvalue weighted by molar-refractivity contribution is -0.142. The van der Waals surface area contributed by atoms with Gasteiger partial charge >= 0.3 is 0 Å². The zero-order valence-corrected chi connectivity index (χ0v) is 18.3. The maximum atomic E-state index is 13.9. The second-order valence-corrected chi connectivity index (χ2v) is 9.34. The number of amides is 2. The van der Waals surface area contributed by atoms with Gasteiger partial charge in [-0.3, -0.25) is 14.5 Å². The van der Waals surface area contributed by atoms with Gasteiger partial charge in [0.1, 0.15) is 5.82 Å². The summed E-state index contributed by atoms with van der Waals surface area (Å²) in [5.41, 5.74) is 2.06. The highest BCUT2D eigenvalue weighted by Crippen LogP contribution is 2.37. The summed E-state index contributed by atoms with van der Waals surface area (Å²) in [4.78, 5) is 32.5. The molecule has 0 saturated carbocycles. The summed E-state index contributed by atoms with van der Waals surface area (Å²) in [5, 5.41) is 2.08. The van der Waals surface area contributed by atoms with E-state index < -0.39 is 0 Å². The highest BCUT2D eigenvalue weighted by molar-refractivity contribution is 7.10. The number of hydrogen-bond donors (Lipinski definition) is 0. The predicted octanol–water partition coefficient (Wildman–Crippen LogP) is 3.16. The van der Waals surface area contributed by atoms with Crippen molar-refractivity contribution in [1.82, 2.24) is 14.7 Å². The normalized spacial score (nSPS) is 19.8. The van der Waals surface area contributed by atoms with Crippen molar-refractivity contribution < 1.29 is 14.0 Å². The van der Waals surface area contributed by atoms with Gasteiger partial charge in [0, 0.05) is 43.5 Å². The predicted molar refractivity (Wildman–Crippen MR) is 116 cm³/mol. The molecule has 2 amide bonds. The summed E-state index contributed by atoms with van der Waals surface area (Å²) >= 11 is 1.73. The van der Waals surface area contributed by atoms with Gasteiger partial charge in [0.25, 0.3) is 0 Å². The van der Waals surface area contributed by atoms with Crippen LogP contribution in [-0.2, 0) is 16.0 Å². The molecular weight excluding hydrogens is 401 g/mol. The van der Waals surface area contributed by atoms with E-state index in [1.165, 1.54) is 16.5 Å². The van der Waals surface area contributed by atoms with Crippen LogP contribution in [0.25, 0.3) is 0 Å². The number of hydrogen-bond acceptors (Lipinski definition) is 4. The molecule has 0 unspecified atom stereocenters. The van der Waals surface area contributed by atoms with Gasteiger partial charge in [-0.05, 0) is 41.1 Å². The van der Waals surface area contributed by atoms with Crippen molar-refractivity contribution in [1.29, 1.82) is 0 Å². The molecule has 0 radical (unpaired) electrons. The van der Waals surface area contributed by atoms with Crippen LogP contribution in [0.4, 0.5) is 4.39 Å². The lowest BCUT2D eigenvalue weighted by Gasteiger charge is -2.39. The molecule has 0 aliphatic carbocycles. The van der Waals surface area contributed by atoms with Crippen LogP contribution in [0.5, 0.6) is 0 Å². The maximum absolute atomic E-state index is 13.9. The quantitative estimate of drug-likeness (QED) is 0.750. The van der Waals surface area contributed by atoms with E-state index in [2.05, 4.69) is 16.3 Å². The molecule has 30 heavy (non-hydrogen) atoms. The molecule has 7 heteroatoms. The number of benzene rings is 1. The van der Waals surface area contributed by atoms with Crippen LogP contribution in [-0.4, -0.2) is 65.8 Å². The highest BCUT2D eigenvalue weighted by Gasteiger charge is 2.33. The second kappa shape index (κ2) is 8.86. The van der Waals surface area contributed by atoms with Gasteiger partial charge < -0.3 is 9.80 Å². The Morgan fingerprint density at radius 3 is 2.53 bits per heavy atom. The number of carbonyl (C=O) groups excluding carboxylic acids is 2. The van der Waals surface area contributed by atoms with Crippen LogP contribution in [0.3, 0.4) is 0 Å². The number of nitrogens with zero attached hydrogens (tertiary/aromatic N) is 3. The fourth-order valence-electron chi connectivity index (χ4n) is 4.42. The van der Waals surface area contributed by atoms with Crippen LogP contribution < -0.4 is 0 Å².